The van der Waals surface area contributed by atoms with Crippen molar-refractivity contribution < 1.29 is 14.3 Å². The topological polar surface area (TPSA) is 73.2 Å². The molecule has 0 aliphatic heterocycles. The van der Waals surface area contributed by atoms with Gasteiger partial charge in [-0.25, -0.2) is 4.79 Å². The van der Waals surface area contributed by atoms with Gasteiger partial charge in [0, 0.05) is 5.56 Å². The fourth-order valence-electron chi connectivity index (χ4n) is 2.85. The summed E-state index contributed by atoms with van der Waals surface area (Å²) in [6.07, 6.45) is 0. The van der Waals surface area contributed by atoms with E-state index in [1.807, 2.05) is 48.9 Å². The third-order valence-corrected chi connectivity index (χ3v) is 4.36. The monoisotopic (exact) mass is 363 g/mol. The fraction of sp³-hybridized carbons (Fsp3) is 0.190. The van der Waals surface area contributed by atoms with Gasteiger partial charge in [-0.2, -0.15) is 5.10 Å². The van der Waals surface area contributed by atoms with Crippen LogP contribution in [0.25, 0.3) is 0 Å². The van der Waals surface area contributed by atoms with E-state index < -0.39 is 5.97 Å². The quantitative estimate of drug-likeness (QED) is 0.703. The lowest BCUT2D eigenvalue weighted by atomic mass is 10.1. The third kappa shape index (κ3) is 4.06. The van der Waals surface area contributed by atoms with E-state index >= 15 is 0 Å². The van der Waals surface area contributed by atoms with Crippen molar-refractivity contribution in [2.75, 3.05) is 12.4 Å². The van der Waals surface area contributed by atoms with Crippen LogP contribution in [0.3, 0.4) is 0 Å². The van der Waals surface area contributed by atoms with Crippen molar-refractivity contribution in [3.05, 3.63) is 82.7 Å². The van der Waals surface area contributed by atoms with E-state index in [1.165, 1.54) is 7.11 Å². The molecule has 6 nitrogen and oxygen atoms in total. The van der Waals surface area contributed by atoms with Crippen LogP contribution in [0.4, 0.5) is 5.69 Å². The third-order valence-electron chi connectivity index (χ3n) is 4.36. The number of hydrogen-bond donors (Lipinski definition) is 1. The highest BCUT2D eigenvalue weighted by Gasteiger charge is 2.16. The Bertz CT molecular complexity index is 960. The number of aryl methyl sites for hydroxylation is 1. The number of carbonyl (C=O) groups excluding carboxylic acids is 2. The molecule has 0 bridgehead atoms. The van der Waals surface area contributed by atoms with Gasteiger partial charge in [0.15, 0.2) is 0 Å². The minimum absolute atomic E-state index is 0.253. The molecule has 0 fully saturated rings. The number of methoxy groups -OCH3 is 1. The average molecular weight is 363 g/mol. The lowest BCUT2D eigenvalue weighted by molar-refractivity contribution is 0.0600. The van der Waals surface area contributed by atoms with Crippen LogP contribution in [0.15, 0.2) is 54.6 Å². The Morgan fingerprint density at radius 2 is 1.63 bits per heavy atom. The van der Waals surface area contributed by atoms with Gasteiger partial charge in [-0.1, -0.05) is 30.3 Å². The molecular weight excluding hydrogens is 342 g/mol. The lowest BCUT2D eigenvalue weighted by Gasteiger charge is -2.08. The van der Waals surface area contributed by atoms with Crippen molar-refractivity contribution in [1.29, 1.82) is 0 Å². The zero-order chi connectivity index (χ0) is 19.4. The second-order valence-electron chi connectivity index (χ2n) is 6.21. The summed E-state index contributed by atoms with van der Waals surface area (Å²) in [7, 11) is 1.32. The number of esters is 1. The molecule has 6 heteroatoms. The van der Waals surface area contributed by atoms with Crippen molar-refractivity contribution in [2.24, 2.45) is 0 Å². The van der Waals surface area contributed by atoms with Crippen LogP contribution in [0.1, 0.15) is 37.7 Å². The van der Waals surface area contributed by atoms with Gasteiger partial charge in [-0.15, -0.1) is 0 Å². The van der Waals surface area contributed by atoms with Crippen molar-refractivity contribution in [3.63, 3.8) is 0 Å². The molecule has 0 unspecified atom stereocenters. The molecule has 1 aromatic heterocycles. The Labute approximate surface area is 157 Å². The first-order valence-electron chi connectivity index (χ1n) is 8.57. The number of benzene rings is 2. The summed E-state index contributed by atoms with van der Waals surface area (Å²) >= 11 is 0. The number of ether oxygens (including phenoxy) is 1. The van der Waals surface area contributed by atoms with Gasteiger partial charge in [-0.3, -0.25) is 9.48 Å². The number of nitrogens with zero attached hydrogens (tertiary/aromatic N) is 2. The Morgan fingerprint density at radius 1 is 1.00 bits per heavy atom. The maximum Gasteiger partial charge on any atom is 0.337 e. The van der Waals surface area contributed by atoms with Gasteiger partial charge in [0.2, 0.25) is 0 Å². The second-order valence-corrected chi connectivity index (χ2v) is 6.21. The maximum absolute atomic E-state index is 12.6. The summed E-state index contributed by atoms with van der Waals surface area (Å²) in [5.74, 6) is -0.687. The van der Waals surface area contributed by atoms with Crippen molar-refractivity contribution in [2.45, 2.75) is 20.4 Å². The van der Waals surface area contributed by atoms with Crippen LogP contribution >= 0.6 is 0 Å². The van der Waals surface area contributed by atoms with Crippen molar-refractivity contribution in [1.82, 2.24) is 9.78 Å². The highest BCUT2D eigenvalue weighted by molar-refractivity contribution is 6.05. The lowest BCUT2D eigenvalue weighted by Crippen LogP contribution is -2.14. The van der Waals surface area contributed by atoms with Crippen LogP contribution in [-0.4, -0.2) is 28.8 Å². The SMILES string of the molecule is COC(=O)c1ccc(C(=O)Nc2c(C)nn(Cc3ccccc3)c2C)cc1. The van der Waals surface area contributed by atoms with Crippen LogP contribution < -0.4 is 5.32 Å². The summed E-state index contributed by atoms with van der Waals surface area (Å²) in [5, 5.41) is 7.47. The van der Waals surface area contributed by atoms with E-state index in [1.54, 1.807) is 24.3 Å². The van der Waals surface area contributed by atoms with Crippen molar-refractivity contribution in [3.8, 4) is 0 Å². The zero-order valence-electron chi connectivity index (χ0n) is 15.5. The molecule has 3 rings (SSSR count). The normalized spacial score (nSPS) is 10.5. The summed E-state index contributed by atoms with van der Waals surface area (Å²) in [6.45, 7) is 4.43. The van der Waals surface area contributed by atoms with Gasteiger partial charge < -0.3 is 10.1 Å². The maximum atomic E-state index is 12.6. The highest BCUT2D eigenvalue weighted by Crippen LogP contribution is 2.21. The Morgan fingerprint density at radius 3 is 2.26 bits per heavy atom. The number of hydrogen-bond acceptors (Lipinski definition) is 4. The molecule has 0 spiro atoms. The molecule has 0 saturated carbocycles. The summed E-state index contributed by atoms with van der Waals surface area (Å²) < 4.78 is 6.54. The standard InChI is InChI=1S/C21H21N3O3/c1-14-19(15(2)24(23-14)13-16-7-5-4-6-8-16)22-20(25)17-9-11-18(12-10-17)21(26)27-3/h4-12H,13H2,1-3H3,(H,22,25). The van der Waals surface area contributed by atoms with Gasteiger partial charge in [0.05, 0.1) is 36.3 Å². The van der Waals surface area contributed by atoms with Crippen LogP contribution in [0, 0.1) is 13.8 Å². The van der Waals surface area contributed by atoms with Gasteiger partial charge in [-0.05, 0) is 43.7 Å². The minimum atomic E-state index is -0.434. The molecule has 1 heterocycles. The molecule has 1 amide bonds. The molecule has 0 atom stereocenters. The zero-order valence-corrected chi connectivity index (χ0v) is 15.5. The Hall–Kier alpha value is -3.41. The van der Waals surface area contributed by atoms with E-state index in [2.05, 4.69) is 15.2 Å². The number of anilines is 1. The minimum Gasteiger partial charge on any atom is -0.465 e. The Kier molecular flexibility index (Phi) is 5.35. The predicted octanol–water partition coefficient (Wildman–Crippen LogP) is 3.59. The first-order chi connectivity index (χ1) is 13.0. The largest absolute Gasteiger partial charge is 0.465 e. The van der Waals surface area contributed by atoms with Gasteiger partial charge in [0.25, 0.3) is 5.91 Å². The molecule has 0 aliphatic rings. The number of rotatable bonds is 5. The molecule has 0 radical (unpaired) electrons. The van der Waals surface area contributed by atoms with Crippen LogP contribution in [0.2, 0.25) is 0 Å². The van der Waals surface area contributed by atoms with Crippen LogP contribution in [-0.2, 0) is 11.3 Å². The first-order valence-corrected chi connectivity index (χ1v) is 8.57. The predicted molar refractivity (Wildman–Crippen MR) is 103 cm³/mol. The summed E-state index contributed by atoms with van der Waals surface area (Å²) in [6, 6.07) is 16.4. The van der Waals surface area contributed by atoms with E-state index in [0.29, 0.717) is 23.4 Å². The molecule has 0 saturated heterocycles. The number of aromatic nitrogens is 2. The number of carbonyl (C=O) groups is 2. The summed E-state index contributed by atoms with van der Waals surface area (Å²) in [4.78, 5) is 24.1. The van der Waals surface area contributed by atoms with E-state index in [4.69, 9.17) is 0 Å². The average Bonchev–Trinajstić information content (AvgIpc) is 2.95. The first kappa shape index (κ1) is 18.4. The number of nitrogens with one attached hydrogen (secondary N) is 1. The number of amides is 1. The smallest absolute Gasteiger partial charge is 0.337 e. The van der Waals surface area contributed by atoms with E-state index in [-0.39, 0.29) is 5.91 Å². The second kappa shape index (κ2) is 7.86. The van der Waals surface area contributed by atoms with Crippen LogP contribution in [0.5, 0.6) is 0 Å². The molecular formula is C21H21N3O3. The molecule has 27 heavy (non-hydrogen) atoms. The van der Waals surface area contributed by atoms with Gasteiger partial charge >= 0.3 is 5.97 Å². The van der Waals surface area contributed by atoms with E-state index in [9.17, 15) is 9.59 Å². The molecule has 138 valence electrons. The Balaban J connectivity index is 1.77. The van der Waals surface area contributed by atoms with E-state index in [0.717, 1.165) is 17.0 Å². The molecule has 2 aromatic carbocycles. The summed E-state index contributed by atoms with van der Waals surface area (Å²) in [5.41, 5.74) is 4.33. The molecule has 0 aliphatic carbocycles. The highest BCUT2D eigenvalue weighted by atomic mass is 16.5. The molecule has 1 N–H and O–H groups in total. The molecule has 3 aromatic rings. The fourth-order valence-corrected chi connectivity index (χ4v) is 2.85. The van der Waals surface area contributed by atoms with Crippen molar-refractivity contribution >= 4 is 17.6 Å². The van der Waals surface area contributed by atoms with Gasteiger partial charge in [0.1, 0.15) is 0 Å².